The van der Waals surface area contributed by atoms with Crippen molar-refractivity contribution in [1.29, 1.82) is 0 Å². The molecule has 0 atom stereocenters. The summed E-state index contributed by atoms with van der Waals surface area (Å²) in [6, 6.07) is 0. The molecule has 0 aliphatic carbocycles. The quantitative estimate of drug-likeness (QED) is 0.0283. The minimum atomic E-state index is -5.67. The van der Waals surface area contributed by atoms with Crippen LogP contribution in [-0.2, 0) is 18.3 Å². The van der Waals surface area contributed by atoms with Crippen LogP contribution >= 0.6 is 14.5 Å². The molecule has 0 saturated carbocycles. The molecule has 0 aliphatic rings. The second-order valence-corrected chi connectivity index (χ2v) is 28.0. The number of unbranched alkanes of at least 4 members (excludes halogenated alkanes) is 16. The van der Waals surface area contributed by atoms with E-state index >= 15 is 0 Å². The van der Waals surface area contributed by atoms with E-state index in [1.165, 1.54) is 154 Å². The van der Waals surface area contributed by atoms with E-state index in [0.29, 0.717) is 0 Å². The Labute approximate surface area is 316 Å². The van der Waals surface area contributed by atoms with Crippen molar-refractivity contribution in [2.45, 2.75) is 209 Å². The molecule has 0 spiro atoms. The van der Waals surface area contributed by atoms with Crippen LogP contribution in [0, 0.1) is 0 Å². The van der Waals surface area contributed by atoms with E-state index in [9.17, 15) is 25.9 Å². The molecule has 0 rings (SSSR count). The van der Waals surface area contributed by atoms with Crippen LogP contribution in [0.4, 0.5) is 0 Å². The van der Waals surface area contributed by atoms with Crippen molar-refractivity contribution < 1.29 is 25.9 Å². The van der Waals surface area contributed by atoms with Gasteiger partial charge in [-0.1, -0.05) is 158 Å². The predicted molar refractivity (Wildman–Crippen MR) is 228 cm³/mol. The van der Waals surface area contributed by atoms with Crippen LogP contribution in [0.2, 0.25) is 0 Å². The second-order valence-electron chi connectivity index (χ2n) is 14.9. The molecule has 6 nitrogen and oxygen atoms in total. The summed E-state index contributed by atoms with van der Waals surface area (Å²) in [7, 11) is -12.6. The molecule has 0 N–H and O–H groups in total. The molecule has 0 aliphatic heterocycles. The fraction of sp³-hybridized carbons (Fsp3) is 1.00. The van der Waals surface area contributed by atoms with Gasteiger partial charge in [0, 0.05) is 14.5 Å². The zero-order chi connectivity index (χ0) is 38.6. The molecule has 0 aromatic heterocycles. The van der Waals surface area contributed by atoms with Crippen molar-refractivity contribution in [2.75, 3.05) is 49.3 Å². The second kappa shape index (κ2) is 36.6. The minimum absolute atomic E-state index is 0.615. The zero-order valence-corrected chi connectivity index (χ0v) is 38.2. The van der Waals surface area contributed by atoms with E-state index in [-0.39, 0.29) is 0 Å². The van der Waals surface area contributed by atoms with E-state index in [0.717, 1.165) is 0 Å². The standard InChI is InChI=1S/2C20H44P.H2O6S2/c2*1-5-9-13-17-21(18-14-10-6-2,19-15-11-7-3)20-16-12-8-4;1-7(2,3)8(4,5)6/h2*5-20H2,1-4H3;(H,1,2,3)(H,4,5,6)/q2*+1;/p-2. The summed E-state index contributed by atoms with van der Waals surface area (Å²) < 4.78 is 55.2. The molecule has 0 amide bonds. The Hall–Kier alpha value is 0.680. The number of hydrogen-bond acceptors (Lipinski definition) is 6. The fourth-order valence-corrected chi connectivity index (χ4v) is 16.8. The summed E-state index contributed by atoms with van der Waals surface area (Å²) in [5.74, 6) is 0. The molecule has 50 heavy (non-hydrogen) atoms. The Morgan fingerprint density at radius 1 is 0.280 bits per heavy atom. The third-order valence-electron chi connectivity index (χ3n) is 10.1. The number of hydrogen-bond donors (Lipinski definition) is 0. The molecule has 0 saturated heterocycles. The molecule has 0 unspecified atom stereocenters. The van der Waals surface area contributed by atoms with Gasteiger partial charge in [0.1, 0.15) is 0 Å². The van der Waals surface area contributed by atoms with Crippen molar-refractivity contribution in [3.8, 4) is 0 Å². The van der Waals surface area contributed by atoms with Gasteiger partial charge in [0.25, 0.3) is 0 Å². The van der Waals surface area contributed by atoms with Gasteiger partial charge in [-0.2, -0.15) is 0 Å². The first kappa shape index (κ1) is 55.0. The monoisotopic (exact) mass is 791 g/mol. The van der Waals surface area contributed by atoms with Gasteiger partial charge in [-0.05, 0) is 51.4 Å². The Bertz CT molecular complexity index is 748. The van der Waals surface area contributed by atoms with Gasteiger partial charge in [-0.25, -0.2) is 16.8 Å². The summed E-state index contributed by atoms with van der Waals surface area (Å²) in [5, 5.41) is 0. The highest BCUT2D eigenvalue weighted by Gasteiger charge is 2.35. The van der Waals surface area contributed by atoms with Gasteiger partial charge >= 0.3 is 0 Å². The predicted octanol–water partition coefficient (Wildman–Crippen LogP) is 13.5. The third kappa shape index (κ3) is 33.3. The van der Waals surface area contributed by atoms with Crippen LogP contribution in [0.5, 0.6) is 0 Å². The van der Waals surface area contributed by atoms with E-state index in [1.807, 2.05) is 0 Å². The maximum atomic E-state index is 9.20. The Balaban J connectivity index is -0.000000727. The first-order valence-electron chi connectivity index (χ1n) is 21.4. The molecule has 0 aromatic rings. The average Bonchev–Trinajstić information content (AvgIpc) is 3.05. The maximum Gasteiger partial charge on any atom is 0.191 e. The lowest BCUT2D eigenvalue weighted by Crippen LogP contribution is -2.13. The summed E-state index contributed by atoms with van der Waals surface area (Å²) in [6.07, 6.45) is 48.0. The van der Waals surface area contributed by atoms with Gasteiger partial charge in [0.15, 0.2) is 18.3 Å². The highest BCUT2D eigenvalue weighted by Crippen LogP contribution is 2.62. The van der Waals surface area contributed by atoms with Gasteiger partial charge in [-0.3, -0.25) is 0 Å². The topological polar surface area (TPSA) is 114 Å². The molecule has 0 aromatic carbocycles. The number of rotatable bonds is 33. The summed E-state index contributed by atoms with van der Waals surface area (Å²) in [5.41, 5.74) is 0. The normalized spacial score (nSPS) is 12.3. The van der Waals surface area contributed by atoms with Crippen LogP contribution in [-0.4, -0.2) is 75.2 Å². The molecule has 306 valence electrons. The van der Waals surface area contributed by atoms with Gasteiger partial charge in [0.2, 0.25) is 0 Å². The minimum Gasteiger partial charge on any atom is -0.736 e. The summed E-state index contributed by atoms with van der Waals surface area (Å²) in [6.45, 7) is 18.8. The largest absolute Gasteiger partial charge is 0.736 e. The Morgan fingerprint density at radius 3 is 0.480 bits per heavy atom. The van der Waals surface area contributed by atoms with Crippen LogP contribution < -0.4 is 0 Å². The molecule has 0 heterocycles. The maximum absolute atomic E-state index is 9.20. The summed E-state index contributed by atoms with van der Waals surface area (Å²) in [4.78, 5) is 0. The molecular formula is C40H88O6P2S2. The average molecular weight is 791 g/mol. The van der Waals surface area contributed by atoms with Crippen LogP contribution in [0.3, 0.4) is 0 Å². The smallest absolute Gasteiger partial charge is 0.191 e. The lowest BCUT2D eigenvalue weighted by Gasteiger charge is -2.28. The molecular weight excluding hydrogens is 703 g/mol. The first-order chi connectivity index (χ1) is 23.7. The van der Waals surface area contributed by atoms with Crippen LogP contribution in [0.1, 0.15) is 209 Å². The zero-order valence-electron chi connectivity index (χ0n) is 34.8. The fourth-order valence-electron chi connectivity index (χ4n) is 6.92. The highest BCUT2D eigenvalue weighted by molar-refractivity contribution is 8.62. The lowest BCUT2D eigenvalue weighted by molar-refractivity contribution is 0.440. The van der Waals surface area contributed by atoms with Crippen LogP contribution in [0.15, 0.2) is 0 Å². The third-order valence-corrected chi connectivity index (χ3v) is 22.3. The highest BCUT2D eigenvalue weighted by atomic mass is 33.2. The van der Waals surface area contributed by atoms with Gasteiger partial charge < -0.3 is 9.11 Å². The van der Waals surface area contributed by atoms with E-state index in [2.05, 4.69) is 55.4 Å². The van der Waals surface area contributed by atoms with Crippen molar-refractivity contribution >= 4 is 32.8 Å². The summed E-state index contributed by atoms with van der Waals surface area (Å²) >= 11 is 0. The molecule has 0 bridgehead atoms. The Kier molecular flexibility index (Phi) is 40.3. The molecule has 0 radical (unpaired) electrons. The lowest BCUT2D eigenvalue weighted by atomic mass is 10.3. The SMILES string of the molecule is CCCCC[P+](CCCCC)(CCCCC)CCCCC.CCCCC[P+](CCCCC)(CCCCC)CCCCC.O=S(=O)([O-])S(=O)(=O)[O-]. The van der Waals surface area contributed by atoms with Gasteiger partial charge in [-0.15, -0.1) is 0 Å². The van der Waals surface area contributed by atoms with E-state index < -0.39 is 32.8 Å². The first-order valence-corrected chi connectivity index (χ1v) is 29.7. The van der Waals surface area contributed by atoms with E-state index in [4.69, 9.17) is 0 Å². The van der Waals surface area contributed by atoms with Crippen molar-refractivity contribution in [1.82, 2.24) is 0 Å². The van der Waals surface area contributed by atoms with E-state index in [1.54, 1.807) is 49.3 Å². The van der Waals surface area contributed by atoms with Crippen molar-refractivity contribution in [3.63, 3.8) is 0 Å². The molecule has 10 heteroatoms. The van der Waals surface area contributed by atoms with Gasteiger partial charge in [0.05, 0.1) is 49.3 Å². The van der Waals surface area contributed by atoms with Crippen molar-refractivity contribution in [2.24, 2.45) is 0 Å². The van der Waals surface area contributed by atoms with Crippen LogP contribution in [0.25, 0.3) is 0 Å². The van der Waals surface area contributed by atoms with Crippen molar-refractivity contribution in [3.05, 3.63) is 0 Å². The molecule has 0 fully saturated rings. The Morgan fingerprint density at radius 2 is 0.400 bits per heavy atom.